The summed E-state index contributed by atoms with van der Waals surface area (Å²) in [6.45, 7) is 2.95. The second-order valence-electron chi connectivity index (χ2n) is 5.12. The Kier molecular flexibility index (Phi) is 5.40. The smallest absolute Gasteiger partial charge is 0.324 e. The predicted octanol–water partition coefficient (Wildman–Crippen LogP) is 2.67. The number of benzene rings is 1. The fourth-order valence-electron chi connectivity index (χ4n) is 1.82. The van der Waals surface area contributed by atoms with Gasteiger partial charge in [-0.3, -0.25) is 0 Å². The van der Waals surface area contributed by atoms with E-state index in [0.717, 1.165) is 0 Å². The second-order valence-corrected chi connectivity index (χ2v) is 7.01. The van der Waals surface area contributed by atoms with E-state index in [1.54, 1.807) is 13.0 Å². The SMILES string of the molecule is CC(N)c1cccc(S(=O)(=O)N(CC(F)(F)F)C(C)C)c1. The van der Waals surface area contributed by atoms with Crippen LogP contribution in [0.1, 0.15) is 32.4 Å². The van der Waals surface area contributed by atoms with E-state index in [9.17, 15) is 21.6 Å². The van der Waals surface area contributed by atoms with Crippen LogP contribution in [-0.4, -0.2) is 31.5 Å². The number of rotatable bonds is 5. The van der Waals surface area contributed by atoms with Crippen molar-refractivity contribution >= 4 is 10.0 Å². The lowest BCUT2D eigenvalue weighted by Gasteiger charge is -2.27. The van der Waals surface area contributed by atoms with Crippen molar-refractivity contribution in [3.05, 3.63) is 29.8 Å². The molecule has 0 aromatic heterocycles. The number of nitrogens with two attached hydrogens (primary N) is 1. The van der Waals surface area contributed by atoms with Gasteiger partial charge in [-0.15, -0.1) is 0 Å². The molecule has 21 heavy (non-hydrogen) atoms. The highest BCUT2D eigenvalue weighted by atomic mass is 32.2. The van der Waals surface area contributed by atoms with Crippen LogP contribution in [0.15, 0.2) is 29.2 Å². The van der Waals surface area contributed by atoms with Crippen LogP contribution < -0.4 is 5.73 Å². The molecule has 4 nitrogen and oxygen atoms in total. The summed E-state index contributed by atoms with van der Waals surface area (Å²) >= 11 is 0. The van der Waals surface area contributed by atoms with Crippen molar-refractivity contribution in [2.24, 2.45) is 5.73 Å². The maximum Gasteiger partial charge on any atom is 0.402 e. The Morgan fingerprint density at radius 1 is 1.24 bits per heavy atom. The van der Waals surface area contributed by atoms with E-state index >= 15 is 0 Å². The van der Waals surface area contributed by atoms with Gasteiger partial charge in [-0.05, 0) is 38.5 Å². The van der Waals surface area contributed by atoms with Crippen LogP contribution in [0.5, 0.6) is 0 Å². The average molecular weight is 324 g/mol. The van der Waals surface area contributed by atoms with Crippen molar-refractivity contribution in [1.29, 1.82) is 0 Å². The van der Waals surface area contributed by atoms with Crippen LogP contribution in [0.25, 0.3) is 0 Å². The highest BCUT2D eigenvalue weighted by Gasteiger charge is 2.38. The van der Waals surface area contributed by atoms with Crippen LogP contribution in [0.3, 0.4) is 0 Å². The first kappa shape index (κ1) is 17.9. The van der Waals surface area contributed by atoms with Crippen LogP contribution in [0, 0.1) is 0 Å². The Bertz CT molecular complexity index is 583. The van der Waals surface area contributed by atoms with Gasteiger partial charge in [0.05, 0.1) is 4.90 Å². The molecule has 8 heteroatoms. The van der Waals surface area contributed by atoms with Crippen molar-refractivity contribution in [2.45, 2.75) is 43.9 Å². The average Bonchev–Trinajstić information content (AvgIpc) is 2.34. The third kappa shape index (κ3) is 4.69. The normalized spacial score (nSPS) is 14.7. The van der Waals surface area contributed by atoms with Gasteiger partial charge in [0.2, 0.25) is 10.0 Å². The third-order valence-corrected chi connectivity index (χ3v) is 4.92. The second kappa shape index (κ2) is 6.33. The quantitative estimate of drug-likeness (QED) is 0.906. The summed E-state index contributed by atoms with van der Waals surface area (Å²) in [5, 5.41) is 0. The Morgan fingerprint density at radius 3 is 2.24 bits per heavy atom. The van der Waals surface area contributed by atoms with Gasteiger partial charge in [-0.2, -0.15) is 17.5 Å². The van der Waals surface area contributed by atoms with Gasteiger partial charge in [0.25, 0.3) is 0 Å². The lowest BCUT2D eigenvalue weighted by Crippen LogP contribution is -2.43. The molecule has 0 spiro atoms. The van der Waals surface area contributed by atoms with Crippen molar-refractivity contribution in [2.75, 3.05) is 6.54 Å². The number of hydrogen-bond acceptors (Lipinski definition) is 3. The molecule has 0 saturated carbocycles. The largest absolute Gasteiger partial charge is 0.402 e. The summed E-state index contributed by atoms with van der Waals surface area (Å²) in [5.74, 6) is 0. The summed E-state index contributed by atoms with van der Waals surface area (Å²) in [5.41, 5.74) is 6.22. The van der Waals surface area contributed by atoms with Gasteiger partial charge < -0.3 is 5.73 Å². The summed E-state index contributed by atoms with van der Waals surface area (Å²) in [4.78, 5) is -0.185. The highest BCUT2D eigenvalue weighted by molar-refractivity contribution is 7.89. The molecule has 1 aromatic rings. The topological polar surface area (TPSA) is 63.4 Å². The van der Waals surface area contributed by atoms with Gasteiger partial charge in [0.1, 0.15) is 6.54 Å². The monoisotopic (exact) mass is 324 g/mol. The van der Waals surface area contributed by atoms with Crippen LogP contribution in [-0.2, 0) is 10.0 Å². The van der Waals surface area contributed by atoms with Crippen LogP contribution in [0.2, 0.25) is 0 Å². The van der Waals surface area contributed by atoms with Crippen molar-refractivity contribution in [3.63, 3.8) is 0 Å². The first-order chi connectivity index (χ1) is 9.45. The number of halogens is 3. The Morgan fingerprint density at radius 2 is 1.81 bits per heavy atom. The van der Waals surface area contributed by atoms with Gasteiger partial charge in [-0.1, -0.05) is 12.1 Å². The van der Waals surface area contributed by atoms with Gasteiger partial charge >= 0.3 is 6.18 Å². The molecule has 0 saturated heterocycles. The van der Waals surface area contributed by atoms with E-state index < -0.39 is 34.8 Å². The molecule has 2 N–H and O–H groups in total. The number of hydrogen-bond donors (Lipinski definition) is 1. The maximum atomic E-state index is 12.6. The van der Waals surface area contributed by atoms with Gasteiger partial charge in [0, 0.05) is 12.1 Å². The molecule has 0 aliphatic carbocycles. The summed E-state index contributed by atoms with van der Waals surface area (Å²) in [7, 11) is -4.23. The van der Waals surface area contributed by atoms with E-state index in [-0.39, 0.29) is 4.90 Å². The van der Waals surface area contributed by atoms with E-state index in [1.165, 1.54) is 32.0 Å². The van der Waals surface area contributed by atoms with Gasteiger partial charge in [-0.25, -0.2) is 8.42 Å². The number of alkyl halides is 3. The van der Waals surface area contributed by atoms with E-state index in [2.05, 4.69) is 0 Å². The molecule has 1 atom stereocenters. The minimum absolute atomic E-state index is 0.185. The lowest BCUT2D eigenvalue weighted by atomic mass is 10.1. The zero-order valence-electron chi connectivity index (χ0n) is 12.1. The molecule has 0 fully saturated rings. The molecule has 1 rings (SSSR count). The summed E-state index contributed by atoms with van der Waals surface area (Å²) in [6, 6.07) is 4.47. The lowest BCUT2D eigenvalue weighted by molar-refractivity contribution is -0.138. The molecule has 0 radical (unpaired) electrons. The molecular weight excluding hydrogens is 305 g/mol. The zero-order chi connectivity index (χ0) is 16.4. The minimum Gasteiger partial charge on any atom is -0.324 e. The molecular formula is C13H19F3N2O2S. The van der Waals surface area contributed by atoms with Crippen LogP contribution in [0.4, 0.5) is 13.2 Å². The number of nitrogens with zero attached hydrogens (tertiary/aromatic N) is 1. The van der Waals surface area contributed by atoms with Crippen molar-refractivity contribution in [1.82, 2.24) is 4.31 Å². The fraction of sp³-hybridized carbons (Fsp3) is 0.538. The predicted molar refractivity (Wildman–Crippen MR) is 74.1 cm³/mol. The molecule has 120 valence electrons. The minimum atomic E-state index is -4.60. The molecule has 0 aliphatic rings. The molecule has 1 aromatic carbocycles. The maximum absolute atomic E-state index is 12.6. The summed E-state index contributed by atoms with van der Waals surface area (Å²) < 4.78 is 63.0. The Balaban J connectivity index is 3.26. The number of sulfonamides is 1. The molecule has 0 aliphatic heterocycles. The fourth-order valence-corrected chi connectivity index (χ4v) is 3.49. The zero-order valence-corrected chi connectivity index (χ0v) is 12.9. The van der Waals surface area contributed by atoms with E-state index in [4.69, 9.17) is 5.73 Å². The standard InChI is InChI=1S/C13H19F3N2O2S/c1-9(2)18(8-13(14,15)16)21(19,20)12-6-4-5-11(7-12)10(3)17/h4-7,9-10H,8,17H2,1-3H3. The van der Waals surface area contributed by atoms with Gasteiger partial charge in [0.15, 0.2) is 0 Å². The first-order valence-electron chi connectivity index (χ1n) is 6.39. The third-order valence-electron chi connectivity index (χ3n) is 2.90. The van der Waals surface area contributed by atoms with Crippen molar-refractivity contribution in [3.8, 4) is 0 Å². The Labute approximate surface area is 122 Å². The first-order valence-corrected chi connectivity index (χ1v) is 7.83. The molecule has 0 amide bonds. The Hall–Kier alpha value is -1.12. The highest BCUT2D eigenvalue weighted by Crippen LogP contribution is 2.25. The molecule has 1 unspecified atom stereocenters. The van der Waals surface area contributed by atoms with E-state index in [0.29, 0.717) is 9.87 Å². The molecule has 0 heterocycles. The van der Waals surface area contributed by atoms with Crippen LogP contribution >= 0.6 is 0 Å². The molecule has 0 bridgehead atoms. The van der Waals surface area contributed by atoms with Crippen molar-refractivity contribution < 1.29 is 21.6 Å². The summed E-state index contributed by atoms with van der Waals surface area (Å²) in [6.07, 6.45) is -4.60. The van der Waals surface area contributed by atoms with E-state index in [1.807, 2.05) is 0 Å².